The van der Waals surface area contributed by atoms with Crippen molar-refractivity contribution in [2.75, 3.05) is 0 Å². The van der Waals surface area contributed by atoms with Gasteiger partial charge in [-0.25, -0.2) is 0 Å². The quantitative estimate of drug-likeness (QED) is 0.850. The van der Waals surface area contributed by atoms with Crippen molar-refractivity contribution in [1.82, 2.24) is 9.78 Å². The zero-order valence-corrected chi connectivity index (χ0v) is 12.7. The molecule has 0 saturated carbocycles. The van der Waals surface area contributed by atoms with Crippen LogP contribution < -0.4 is 0 Å². The molecule has 0 spiro atoms. The number of aromatic nitrogens is 2. The van der Waals surface area contributed by atoms with Crippen LogP contribution in [0.2, 0.25) is 0 Å². The maximum absolute atomic E-state index is 10.5. The number of hydrogen-bond donors (Lipinski definition) is 1. The highest BCUT2D eigenvalue weighted by Crippen LogP contribution is 2.35. The van der Waals surface area contributed by atoms with Crippen LogP contribution >= 0.6 is 0 Å². The summed E-state index contributed by atoms with van der Waals surface area (Å²) in [7, 11) is 0. The van der Waals surface area contributed by atoms with E-state index in [1.807, 2.05) is 16.8 Å². The monoisotopic (exact) mass is 272 g/mol. The van der Waals surface area contributed by atoms with Crippen molar-refractivity contribution in [2.24, 2.45) is 0 Å². The van der Waals surface area contributed by atoms with Crippen LogP contribution in [0.5, 0.6) is 5.75 Å². The van der Waals surface area contributed by atoms with Crippen LogP contribution in [0.15, 0.2) is 24.3 Å². The second-order valence-electron chi connectivity index (χ2n) is 5.29. The Labute approximate surface area is 121 Å². The number of aromatic hydroxyl groups is 1. The van der Waals surface area contributed by atoms with E-state index < -0.39 is 0 Å². The van der Waals surface area contributed by atoms with E-state index in [0.29, 0.717) is 5.75 Å². The average molecular weight is 272 g/mol. The molecule has 1 aromatic carbocycles. The molecule has 0 aliphatic heterocycles. The minimum atomic E-state index is 0.359. The molecule has 1 aromatic heterocycles. The van der Waals surface area contributed by atoms with Crippen LogP contribution in [0.3, 0.4) is 0 Å². The van der Waals surface area contributed by atoms with Crippen molar-refractivity contribution < 1.29 is 5.11 Å². The van der Waals surface area contributed by atoms with Gasteiger partial charge in [0.25, 0.3) is 0 Å². The van der Waals surface area contributed by atoms with Gasteiger partial charge >= 0.3 is 0 Å². The molecule has 0 aliphatic rings. The molecule has 1 N–H and O–H groups in total. The lowest BCUT2D eigenvalue weighted by Gasteiger charge is -2.09. The van der Waals surface area contributed by atoms with Crippen molar-refractivity contribution in [1.29, 1.82) is 0 Å². The largest absolute Gasteiger partial charge is 0.504 e. The first-order chi connectivity index (χ1) is 9.69. The van der Waals surface area contributed by atoms with Gasteiger partial charge in [-0.1, -0.05) is 51.0 Å². The Bertz CT molecular complexity index is 572. The molecule has 0 saturated heterocycles. The summed E-state index contributed by atoms with van der Waals surface area (Å²) in [5.74, 6) is 0.359. The normalized spacial score (nSPS) is 10.9. The number of unbranched alkanes of at least 4 members (excludes halogenated alkanes) is 1. The van der Waals surface area contributed by atoms with Crippen LogP contribution in [-0.2, 0) is 13.0 Å². The standard InChI is InChI=1S/C17H24N2O/c1-4-6-12-19-16(14-11-8-7-10-13(14)3)17(20)15(18-19)9-5-2/h7-8,10-11,20H,4-6,9,12H2,1-3H3. The third-order valence-electron chi connectivity index (χ3n) is 3.61. The van der Waals surface area contributed by atoms with Crippen molar-refractivity contribution in [3.05, 3.63) is 35.5 Å². The molecule has 3 heteroatoms. The molecular formula is C17H24N2O. The number of nitrogens with zero attached hydrogens (tertiary/aromatic N) is 2. The molecule has 0 amide bonds. The third-order valence-corrected chi connectivity index (χ3v) is 3.61. The molecule has 0 fully saturated rings. The lowest BCUT2D eigenvalue weighted by molar-refractivity contribution is 0.469. The maximum atomic E-state index is 10.5. The molecule has 0 aliphatic carbocycles. The van der Waals surface area contributed by atoms with Crippen molar-refractivity contribution >= 4 is 0 Å². The van der Waals surface area contributed by atoms with Crippen LogP contribution in [-0.4, -0.2) is 14.9 Å². The fourth-order valence-electron chi connectivity index (χ4n) is 2.48. The molecule has 1 heterocycles. The van der Waals surface area contributed by atoms with Gasteiger partial charge in [0.2, 0.25) is 0 Å². The van der Waals surface area contributed by atoms with Crippen molar-refractivity contribution in [3.8, 4) is 17.0 Å². The second kappa shape index (κ2) is 6.60. The summed E-state index contributed by atoms with van der Waals surface area (Å²) in [4.78, 5) is 0. The molecule has 3 nitrogen and oxygen atoms in total. The fourth-order valence-corrected chi connectivity index (χ4v) is 2.48. The molecule has 20 heavy (non-hydrogen) atoms. The summed E-state index contributed by atoms with van der Waals surface area (Å²) in [6, 6.07) is 8.17. The van der Waals surface area contributed by atoms with Gasteiger partial charge in [-0.3, -0.25) is 4.68 Å². The number of rotatable bonds is 6. The van der Waals surface area contributed by atoms with Crippen LogP contribution in [0.4, 0.5) is 0 Å². The Morgan fingerprint density at radius 1 is 1.15 bits per heavy atom. The third kappa shape index (κ3) is 2.87. The molecule has 2 aromatic rings. The number of aryl methyl sites for hydroxylation is 3. The summed E-state index contributed by atoms with van der Waals surface area (Å²) in [6.07, 6.45) is 4.01. The van der Waals surface area contributed by atoms with Gasteiger partial charge in [-0.2, -0.15) is 5.10 Å². The first-order valence-corrected chi connectivity index (χ1v) is 7.53. The van der Waals surface area contributed by atoms with Gasteiger partial charge in [-0.05, 0) is 25.3 Å². The minimum Gasteiger partial charge on any atom is -0.504 e. The fraction of sp³-hybridized carbons (Fsp3) is 0.471. The highest BCUT2D eigenvalue weighted by Gasteiger charge is 2.19. The smallest absolute Gasteiger partial charge is 0.164 e. The van der Waals surface area contributed by atoms with Crippen LogP contribution in [0.1, 0.15) is 44.4 Å². The summed E-state index contributed by atoms with van der Waals surface area (Å²) in [6.45, 7) is 7.21. The van der Waals surface area contributed by atoms with Crippen LogP contribution in [0, 0.1) is 6.92 Å². The summed E-state index contributed by atoms with van der Waals surface area (Å²) < 4.78 is 1.98. The second-order valence-corrected chi connectivity index (χ2v) is 5.29. The van der Waals surface area contributed by atoms with E-state index in [-0.39, 0.29) is 0 Å². The Morgan fingerprint density at radius 3 is 2.55 bits per heavy atom. The maximum Gasteiger partial charge on any atom is 0.164 e. The van der Waals surface area contributed by atoms with Gasteiger partial charge in [0, 0.05) is 12.1 Å². The zero-order valence-electron chi connectivity index (χ0n) is 12.7. The van der Waals surface area contributed by atoms with E-state index >= 15 is 0 Å². The molecule has 108 valence electrons. The van der Waals surface area contributed by atoms with E-state index in [2.05, 4.69) is 38.0 Å². The SMILES string of the molecule is CCCCn1nc(CCC)c(O)c1-c1ccccc1C. The van der Waals surface area contributed by atoms with E-state index in [0.717, 1.165) is 49.2 Å². The number of hydrogen-bond acceptors (Lipinski definition) is 2. The molecule has 0 bridgehead atoms. The average Bonchev–Trinajstić information content (AvgIpc) is 2.74. The summed E-state index contributed by atoms with van der Waals surface area (Å²) >= 11 is 0. The Morgan fingerprint density at radius 2 is 1.90 bits per heavy atom. The summed E-state index contributed by atoms with van der Waals surface area (Å²) in [5.41, 5.74) is 3.95. The molecule has 2 rings (SSSR count). The first kappa shape index (κ1) is 14.6. The predicted molar refractivity (Wildman–Crippen MR) is 83.0 cm³/mol. The Kier molecular flexibility index (Phi) is 4.83. The Hall–Kier alpha value is -1.77. The first-order valence-electron chi connectivity index (χ1n) is 7.53. The van der Waals surface area contributed by atoms with Crippen molar-refractivity contribution in [3.63, 3.8) is 0 Å². The summed E-state index contributed by atoms with van der Waals surface area (Å²) in [5, 5.41) is 15.2. The topological polar surface area (TPSA) is 38.0 Å². The van der Waals surface area contributed by atoms with Gasteiger partial charge in [-0.15, -0.1) is 0 Å². The minimum absolute atomic E-state index is 0.359. The molecule has 0 unspecified atom stereocenters. The van der Waals surface area contributed by atoms with Gasteiger partial charge in [0.05, 0.1) is 0 Å². The van der Waals surface area contributed by atoms with E-state index in [1.54, 1.807) is 0 Å². The molecular weight excluding hydrogens is 248 g/mol. The zero-order chi connectivity index (χ0) is 14.5. The van der Waals surface area contributed by atoms with Crippen molar-refractivity contribution in [2.45, 2.75) is 53.0 Å². The van der Waals surface area contributed by atoms with Gasteiger partial charge < -0.3 is 5.11 Å². The van der Waals surface area contributed by atoms with Crippen LogP contribution in [0.25, 0.3) is 11.3 Å². The van der Waals surface area contributed by atoms with E-state index in [4.69, 9.17) is 0 Å². The lowest BCUT2D eigenvalue weighted by Crippen LogP contribution is -2.03. The highest BCUT2D eigenvalue weighted by atomic mass is 16.3. The van der Waals surface area contributed by atoms with Gasteiger partial charge in [0.15, 0.2) is 5.75 Å². The Balaban J connectivity index is 2.51. The predicted octanol–water partition coefficient (Wildman–Crippen LogP) is 4.32. The lowest BCUT2D eigenvalue weighted by atomic mass is 10.0. The van der Waals surface area contributed by atoms with Gasteiger partial charge in [0.1, 0.15) is 11.4 Å². The highest BCUT2D eigenvalue weighted by molar-refractivity contribution is 5.70. The molecule has 0 atom stereocenters. The van der Waals surface area contributed by atoms with E-state index in [9.17, 15) is 5.11 Å². The van der Waals surface area contributed by atoms with E-state index in [1.165, 1.54) is 5.56 Å². The number of benzene rings is 1. The molecule has 0 radical (unpaired) electrons.